The Kier molecular flexibility index (Phi) is 7.17. The number of carbonyl (C=O) groups is 1. The third-order valence-corrected chi connectivity index (χ3v) is 4.17. The van der Waals surface area contributed by atoms with Crippen molar-refractivity contribution < 1.29 is 41.9 Å². The molecule has 0 fully saturated rings. The summed E-state index contributed by atoms with van der Waals surface area (Å²) >= 11 is 11.7. The summed E-state index contributed by atoms with van der Waals surface area (Å²) in [5, 5.41) is 10.4. The maximum atomic E-state index is 12.8. The molecule has 0 aromatic heterocycles. The van der Waals surface area contributed by atoms with Gasteiger partial charge in [-0.1, -0.05) is 29.3 Å². The van der Waals surface area contributed by atoms with Crippen LogP contribution < -0.4 is 9.47 Å². The Morgan fingerprint density at radius 1 is 1.16 bits per heavy atom. The van der Waals surface area contributed by atoms with Crippen LogP contribution in [-0.4, -0.2) is 22.6 Å². The SMILES string of the molecule is CC(Oc1cccc(Oc2c(Cl)cc(C(F)(F)F)cc2Cl)c1)(C(=O)OC=C=O)[N+](=O)[O-]. The van der Waals surface area contributed by atoms with Crippen molar-refractivity contribution in [2.75, 3.05) is 0 Å². The lowest BCUT2D eigenvalue weighted by molar-refractivity contribution is -0.593. The molecule has 0 radical (unpaired) electrons. The Bertz CT molecular complexity index is 1050. The Balaban J connectivity index is 2.33. The van der Waals surface area contributed by atoms with E-state index >= 15 is 0 Å². The van der Waals surface area contributed by atoms with Gasteiger partial charge in [0.15, 0.2) is 18.0 Å². The number of nitrogens with zero attached hydrogens (tertiary/aromatic N) is 1. The largest absolute Gasteiger partial charge is 0.458 e. The lowest BCUT2D eigenvalue weighted by Crippen LogP contribution is -2.49. The van der Waals surface area contributed by atoms with E-state index in [1.807, 2.05) is 0 Å². The normalized spacial score (nSPS) is 12.8. The third kappa shape index (κ3) is 5.66. The van der Waals surface area contributed by atoms with E-state index in [0.29, 0.717) is 12.1 Å². The Morgan fingerprint density at radius 3 is 2.26 bits per heavy atom. The highest BCUT2D eigenvalue weighted by molar-refractivity contribution is 6.37. The van der Waals surface area contributed by atoms with Crippen LogP contribution in [0.5, 0.6) is 17.2 Å². The van der Waals surface area contributed by atoms with Crippen LogP contribution in [0.2, 0.25) is 10.0 Å². The molecule has 2 aromatic rings. The molecule has 8 nitrogen and oxygen atoms in total. The zero-order chi connectivity index (χ0) is 23.4. The Labute approximate surface area is 181 Å². The predicted molar refractivity (Wildman–Crippen MR) is 100 cm³/mol. The van der Waals surface area contributed by atoms with Gasteiger partial charge >= 0.3 is 17.9 Å². The van der Waals surface area contributed by atoms with Crippen molar-refractivity contribution >= 4 is 35.1 Å². The molecule has 13 heteroatoms. The van der Waals surface area contributed by atoms with Gasteiger partial charge in [0.25, 0.3) is 0 Å². The summed E-state index contributed by atoms with van der Waals surface area (Å²) in [7, 11) is 0. The van der Waals surface area contributed by atoms with E-state index in [0.717, 1.165) is 18.9 Å². The van der Waals surface area contributed by atoms with Crippen molar-refractivity contribution in [2.45, 2.75) is 18.8 Å². The van der Waals surface area contributed by atoms with Gasteiger partial charge in [0.1, 0.15) is 11.5 Å². The van der Waals surface area contributed by atoms with E-state index in [1.165, 1.54) is 18.2 Å². The second kappa shape index (κ2) is 9.25. The number of carbonyl (C=O) groups excluding carboxylic acids is 2. The Morgan fingerprint density at radius 2 is 1.74 bits per heavy atom. The molecular formula is C18H10Cl2F3NO7. The fraction of sp³-hybridized carbons (Fsp3) is 0.167. The summed E-state index contributed by atoms with van der Waals surface area (Å²) in [4.78, 5) is 32.3. The quantitative estimate of drug-likeness (QED) is 0.136. The van der Waals surface area contributed by atoms with Gasteiger partial charge in [-0.3, -0.25) is 10.1 Å². The standard InChI is InChI=1S/C18H10Cl2F3NO7/c1-17(24(27)28,16(26)29-6-5-25)31-12-4-2-3-11(9-12)30-15-13(19)7-10(8-14(15)20)18(21,22)23/h2-4,6-9H,1H3. The maximum Gasteiger partial charge on any atom is 0.458 e. The van der Waals surface area contributed by atoms with Crippen LogP contribution in [0.25, 0.3) is 0 Å². The van der Waals surface area contributed by atoms with Crippen molar-refractivity contribution in [3.05, 3.63) is 68.4 Å². The molecule has 164 valence electrons. The van der Waals surface area contributed by atoms with E-state index in [-0.39, 0.29) is 23.5 Å². The van der Waals surface area contributed by atoms with Crippen LogP contribution >= 0.6 is 23.2 Å². The minimum Gasteiger partial charge on any atom is -0.454 e. The van der Waals surface area contributed by atoms with Gasteiger partial charge in [0.2, 0.25) is 0 Å². The molecule has 1 unspecified atom stereocenters. The maximum absolute atomic E-state index is 12.8. The number of esters is 1. The molecule has 0 saturated heterocycles. The molecule has 0 N–H and O–H groups in total. The van der Waals surface area contributed by atoms with Gasteiger partial charge < -0.3 is 14.2 Å². The van der Waals surface area contributed by atoms with Crippen LogP contribution in [0, 0.1) is 10.1 Å². The summed E-state index contributed by atoms with van der Waals surface area (Å²) < 4.78 is 53.3. The molecule has 1 atom stereocenters. The van der Waals surface area contributed by atoms with E-state index in [2.05, 4.69) is 4.74 Å². The van der Waals surface area contributed by atoms with E-state index < -0.39 is 38.4 Å². The molecule has 0 aliphatic rings. The molecule has 0 amide bonds. The number of halogens is 5. The highest BCUT2D eigenvalue weighted by Crippen LogP contribution is 2.42. The van der Waals surface area contributed by atoms with Crippen LogP contribution in [0.3, 0.4) is 0 Å². The van der Waals surface area contributed by atoms with E-state index in [1.54, 1.807) is 0 Å². The van der Waals surface area contributed by atoms with Gasteiger partial charge in [-0.15, -0.1) is 0 Å². The molecular weight excluding hydrogens is 470 g/mol. The first-order valence-electron chi connectivity index (χ1n) is 7.96. The number of hydrogen-bond acceptors (Lipinski definition) is 7. The van der Waals surface area contributed by atoms with E-state index in [4.69, 9.17) is 32.7 Å². The topological polar surface area (TPSA) is 105 Å². The molecule has 0 aliphatic carbocycles. The summed E-state index contributed by atoms with van der Waals surface area (Å²) in [6.45, 7) is 0.783. The molecule has 0 aliphatic heterocycles. The second-order valence-corrected chi connectivity index (χ2v) is 6.64. The van der Waals surface area contributed by atoms with Crippen molar-refractivity contribution in [3.8, 4) is 17.2 Å². The molecule has 0 saturated carbocycles. The molecule has 2 aromatic carbocycles. The van der Waals surface area contributed by atoms with Crippen molar-refractivity contribution in [2.24, 2.45) is 0 Å². The fourth-order valence-electron chi connectivity index (χ4n) is 2.11. The zero-order valence-electron chi connectivity index (χ0n) is 15.2. The second-order valence-electron chi connectivity index (χ2n) is 5.83. The average molecular weight is 480 g/mol. The lowest BCUT2D eigenvalue weighted by Gasteiger charge is -2.19. The van der Waals surface area contributed by atoms with Gasteiger partial charge in [-0.05, 0) is 24.3 Å². The van der Waals surface area contributed by atoms with Crippen molar-refractivity contribution in [3.63, 3.8) is 0 Å². The summed E-state index contributed by atoms with van der Waals surface area (Å²) in [5.74, 6) is -1.02. The number of ether oxygens (including phenoxy) is 3. The lowest BCUT2D eigenvalue weighted by atomic mass is 10.2. The fourth-order valence-corrected chi connectivity index (χ4v) is 2.67. The molecule has 0 bridgehead atoms. The van der Waals surface area contributed by atoms with Gasteiger partial charge in [0, 0.05) is 6.07 Å². The number of alkyl halides is 3. The minimum atomic E-state index is -4.68. The van der Waals surface area contributed by atoms with E-state index in [9.17, 15) is 32.9 Å². The van der Waals surface area contributed by atoms with Crippen molar-refractivity contribution in [1.29, 1.82) is 0 Å². The van der Waals surface area contributed by atoms with Crippen LogP contribution in [0.15, 0.2) is 42.7 Å². The number of hydrogen-bond donors (Lipinski definition) is 0. The predicted octanol–water partition coefficient (Wildman–Crippen LogP) is 5.06. The Hall–Kier alpha value is -3.27. The monoisotopic (exact) mass is 479 g/mol. The number of nitro groups is 1. The van der Waals surface area contributed by atoms with Crippen molar-refractivity contribution in [1.82, 2.24) is 0 Å². The number of rotatable bonds is 7. The highest BCUT2D eigenvalue weighted by Gasteiger charge is 2.51. The first-order chi connectivity index (χ1) is 14.4. The smallest absolute Gasteiger partial charge is 0.454 e. The third-order valence-electron chi connectivity index (χ3n) is 3.61. The number of benzene rings is 2. The highest BCUT2D eigenvalue weighted by atomic mass is 35.5. The molecule has 2 rings (SSSR count). The molecule has 0 spiro atoms. The first kappa shape index (κ1) is 24.0. The molecule has 0 heterocycles. The summed E-state index contributed by atoms with van der Waals surface area (Å²) in [5.41, 5.74) is -3.83. The summed E-state index contributed by atoms with van der Waals surface area (Å²) in [6.07, 6.45) is -4.40. The van der Waals surface area contributed by atoms with Crippen LogP contribution in [0.1, 0.15) is 12.5 Å². The zero-order valence-corrected chi connectivity index (χ0v) is 16.7. The van der Waals surface area contributed by atoms with Crippen LogP contribution in [-0.2, 0) is 20.5 Å². The minimum absolute atomic E-state index is 0.0760. The van der Waals surface area contributed by atoms with Gasteiger partial charge in [0.05, 0.1) is 27.5 Å². The van der Waals surface area contributed by atoms with Gasteiger partial charge in [-0.2, -0.15) is 13.2 Å². The van der Waals surface area contributed by atoms with Crippen LogP contribution in [0.4, 0.5) is 13.2 Å². The van der Waals surface area contributed by atoms with Gasteiger partial charge in [-0.25, -0.2) is 9.59 Å². The summed E-state index contributed by atoms with van der Waals surface area (Å²) in [6, 6.07) is 6.19. The first-order valence-corrected chi connectivity index (χ1v) is 8.72. The average Bonchev–Trinajstić information content (AvgIpc) is 2.68. The molecule has 31 heavy (non-hydrogen) atoms.